The maximum atomic E-state index is 11.8. The lowest BCUT2D eigenvalue weighted by Gasteiger charge is -2.11. The Kier molecular flexibility index (Phi) is 3.25. The van der Waals surface area contributed by atoms with Gasteiger partial charge in [0.25, 0.3) is 0 Å². The SMILES string of the molecule is Oc1c(Br)ncc(Br)c1OC(F)(F)F. The molecule has 78 valence electrons. The van der Waals surface area contributed by atoms with Crippen molar-refractivity contribution in [1.82, 2.24) is 4.98 Å². The molecule has 0 aromatic carbocycles. The summed E-state index contributed by atoms with van der Waals surface area (Å²) in [4.78, 5) is 3.54. The van der Waals surface area contributed by atoms with Gasteiger partial charge < -0.3 is 9.84 Å². The van der Waals surface area contributed by atoms with E-state index in [9.17, 15) is 18.3 Å². The largest absolute Gasteiger partial charge is 0.573 e. The molecule has 1 aromatic heterocycles. The van der Waals surface area contributed by atoms with Crippen LogP contribution in [0.25, 0.3) is 0 Å². The molecule has 0 amide bonds. The minimum atomic E-state index is -4.86. The van der Waals surface area contributed by atoms with Crippen molar-refractivity contribution in [3.63, 3.8) is 0 Å². The summed E-state index contributed by atoms with van der Waals surface area (Å²) in [6.07, 6.45) is -3.79. The van der Waals surface area contributed by atoms with Gasteiger partial charge in [0.2, 0.25) is 0 Å². The van der Waals surface area contributed by atoms with Crippen molar-refractivity contribution in [1.29, 1.82) is 0 Å². The van der Waals surface area contributed by atoms with E-state index in [0.717, 1.165) is 6.20 Å². The Morgan fingerprint density at radius 3 is 2.43 bits per heavy atom. The normalized spacial score (nSPS) is 11.5. The third-order valence-corrected chi connectivity index (χ3v) is 2.28. The summed E-state index contributed by atoms with van der Waals surface area (Å²) in [7, 11) is 0. The van der Waals surface area contributed by atoms with Crippen molar-refractivity contribution < 1.29 is 23.0 Å². The monoisotopic (exact) mass is 335 g/mol. The first-order valence-electron chi connectivity index (χ1n) is 3.10. The Hall–Kier alpha value is -0.500. The summed E-state index contributed by atoms with van der Waals surface area (Å²) < 4.78 is 38.9. The van der Waals surface area contributed by atoms with Crippen molar-refractivity contribution in [2.75, 3.05) is 0 Å². The average Bonchev–Trinajstić information content (AvgIpc) is 2.04. The quantitative estimate of drug-likeness (QED) is 0.801. The van der Waals surface area contributed by atoms with Crippen LogP contribution in [0.2, 0.25) is 0 Å². The highest BCUT2D eigenvalue weighted by atomic mass is 79.9. The minimum absolute atomic E-state index is 0.0875. The number of pyridine rings is 1. The highest BCUT2D eigenvalue weighted by Crippen LogP contribution is 2.40. The molecule has 0 aliphatic carbocycles. The molecule has 0 spiro atoms. The summed E-state index contributed by atoms with van der Waals surface area (Å²) in [5.74, 6) is -1.43. The van der Waals surface area contributed by atoms with Gasteiger partial charge in [-0.05, 0) is 31.9 Å². The molecule has 1 aromatic rings. The summed E-state index contributed by atoms with van der Waals surface area (Å²) in [6.45, 7) is 0. The molecule has 1 rings (SSSR count). The predicted molar refractivity (Wildman–Crippen MR) is 48.0 cm³/mol. The molecular weight excluding hydrogens is 335 g/mol. The highest BCUT2D eigenvalue weighted by molar-refractivity contribution is 9.11. The number of rotatable bonds is 1. The van der Waals surface area contributed by atoms with Gasteiger partial charge in [-0.25, -0.2) is 4.98 Å². The van der Waals surface area contributed by atoms with Gasteiger partial charge in [-0.1, -0.05) is 0 Å². The van der Waals surface area contributed by atoms with Crippen molar-refractivity contribution in [3.05, 3.63) is 15.3 Å². The molecule has 8 heteroatoms. The first-order valence-corrected chi connectivity index (χ1v) is 4.68. The standard InChI is InChI=1S/C6H2Br2F3NO2/c7-2-1-12-5(8)3(13)4(2)14-6(9,10)11/h1,13H. The number of nitrogens with zero attached hydrogens (tertiary/aromatic N) is 1. The molecular formula is C6H2Br2F3NO2. The summed E-state index contributed by atoms with van der Waals surface area (Å²) in [5, 5.41) is 9.18. The molecule has 0 aliphatic heterocycles. The van der Waals surface area contributed by atoms with E-state index in [1.165, 1.54) is 0 Å². The molecule has 0 saturated heterocycles. The summed E-state index contributed by atoms with van der Waals surface area (Å²) in [5.41, 5.74) is 0. The van der Waals surface area contributed by atoms with Gasteiger partial charge in [0.15, 0.2) is 16.1 Å². The van der Waals surface area contributed by atoms with Crippen LogP contribution in [0.3, 0.4) is 0 Å². The number of ether oxygens (including phenoxy) is 1. The van der Waals surface area contributed by atoms with Crippen LogP contribution in [-0.4, -0.2) is 16.5 Å². The zero-order valence-electron chi connectivity index (χ0n) is 6.27. The lowest BCUT2D eigenvalue weighted by molar-refractivity contribution is -0.275. The number of halogens is 5. The van der Waals surface area contributed by atoms with E-state index in [2.05, 4.69) is 41.6 Å². The molecule has 1 N–H and O–H groups in total. The smallest absolute Gasteiger partial charge is 0.502 e. The van der Waals surface area contributed by atoms with E-state index in [0.29, 0.717) is 0 Å². The Balaban J connectivity index is 3.13. The maximum Gasteiger partial charge on any atom is 0.573 e. The Morgan fingerprint density at radius 1 is 1.36 bits per heavy atom. The molecule has 0 bridgehead atoms. The fourth-order valence-corrected chi connectivity index (χ4v) is 1.31. The van der Waals surface area contributed by atoms with E-state index in [1.807, 2.05) is 0 Å². The third-order valence-electron chi connectivity index (χ3n) is 1.14. The molecule has 0 fully saturated rings. The average molecular weight is 337 g/mol. The van der Waals surface area contributed by atoms with Gasteiger partial charge in [0.05, 0.1) is 4.47 Å². The first kappa shape index (κ1) is 11.6. The van der Waals surface area contributed by atoms with Crippen LogP contribution in [0, 0.1) is 0 Å². The van der Waals surface area contributed by atoms with E-state index in [-0.39, 0.29) is 9.08 Å². The van der Waals surface area contributed by atoms with Gasteiger partial charge in [-0.3, -0.25) is 0 Å². The summed E-state index contributed by atoms with van der Waals surface area (Å²) >= 11 is 5.52. The molecule has 0 aliphatic rings. The van der Waals surface area contributed by atoms with E-state index in [1.54, 1.807) is 0 Å². The van der Waals surface area contributed by atoms with E-state index >= 15 is 0 Å². The van der Waals surface area contributed by atoms with Crippen LogP contribution < -0.4 is 4.74 Å². The third kappa shape index (κ3) is 2.74. The number of alkyl halides is 3. The van der Waals surface area contributed by atoms with Crippen LogP contribution in [-0.2, 0) is 0 Å². The first-order chi connectivity index (χ1) is 6.31. The fourth-order valence-electron chi connectivity index (χ4n) is 0.653. The molecule has 14 heavy (non-hydrogen) atoms. The van der Waals surface area contributed by atoms with Crippen molar-refractivity contribution in [2.24, 2.45) is 0 Å². The lowest BCUT2D eigenvalue weighted by Crippen LogP contribution is -2.17. The second-order valence-corrected chi connectivity index (χ2v) is 3.73. The minimum Gasteiger partial charge on any atom is -0.502 e. The lowest BCUT2D eigenvalue weighted by atomic mass is 10.4. The molecule has 3 nitrogen and oxygen atoms in total. The molecule has 0 radical (unpaired) electrons. The van der Waals surface area contributed by atoms with E-state index < -0.39 is 17.9 Å². The highest BCUT2D eigenvalue weighted by Gasteiger charge is 2.34. The fraction of sp³-hybridized carbons (Fsp3) is 0.167. The van der Waals surface area contributed by atoms with Crippen molar-refractivity contribution >= 4 is 31.9 Å². The van der Waals surface area contributed by atoms with Gasteiger partial charge >= 0.3 is 6.36 Å². The number of hydrogen-bond donors (Lipinski definition) is 1. The van der Waals surface area contributed by atoms with Gasteiger partial charge in [0.1, 0.15) is 0 Å². The molecule has 1 heterocycles. The number of hydrogen-bond acceptors (Lipinski definition) is 3. The Labute approximate surface area is 93.2 Å². The molecule has 0 unspecified atom stereocenters. The Morgan fingerprint density at radius 2 is 1.93 bits per heavy atom. The number of aromatic hydroxyl groups is 1. The maximum absolute atomic E-state index is 11.8. The number of aromatic nitrogens is 1. The second kappa shape index (κ2) is 3.93. The topological polar surface area (TPSA) is 42.4 Å². The van der Waals surface area contributed by atoms with Crippen molar-refractivity contribution in [3.8, 4) is 11.5 Å². The van der Waals surface area contributed by atoms with Crippen LogP contribution in [0.1, 0.15) is 0 Å². The predicted octanol–water partition coefficient (Wildman–Crippen LogP) is 3.21. The Bertz CT molecular complexity index is 356. The molecule has 0 saturated carbocycles. The van der Waals surface area contributed by atoms with Gasteiger partial charge in [0, 0.05) is 6.20 Å². The van der Waals surface area contributed by atoms with Crippen LogP contribution in [0.5, 0.6) is 11.5 Å². The second-order valence-electron chi connectivity index (χ2n) is 2.12. The van der Waals surface area contributed by atoms with Crippen LogP contribution in [0.4, 0.5) is 13.2 Å². The van der Waals surface area contributed by atoms with Gasteiger partial charge in [-0.2, -0.15) is 0 Å². The summed E-state index contributed by atoms with van der Waals surface area (Å²) in [6, 6.07) is 0. The van der Waals surface area contributed by atoms with Crippen molar-refractivity contribution in [2.45, 2.75) is 6.36 Å². The van der Waals surface area contributed by atoms with Crippen LogP contribution >= 0.6 is 31.9 Å². The zero-order valence-corrected chi connectivity index (χ0v) is 9.44. The molecule has 0 atom stereocenters. The van der Waals surface area contributed by atoms with E-state index in [4.69, 9.17) is 0 Å². The zero-order chi connectivity index (χ0) is 10.9. The van der Waals surface area contributed by atoms with Gasteiger partial charge in [-0.15, -0.1) is 13.2 Å². The van der Waals surface area contributed by atoms with Crippen LogP contribution in [0.15, 0.2) is 15.3 Å².